The first-order chi connectivity index (χ1) is 16.2. The van der Waals surface area contributed by atoms with Gasteiger partial charge in [-0.05, 0) is 98.7 Å². The second-order valence-corrected chi connectivity index (χ2v) is 17.6. The predicted molar refractivity (Wildman–Crippen MR) is 157 cm³/mol. The molecule has 0 saturated heterocycles. The molecule has 2 atom stereocenters. The van der Waals surface area contributed by atoms with Gasteiger partial charge in [-0.2, -0.15) is 0 Å². The lowest BCUT2D eigenvalue weighted by Crippen LogP contribution is -2.49. The van der Waals surface area contributed by atoms with Gasteiger partial charge in [0.05, 0.1) is 0 Å². The lowest BCUT2D eigenvalue weighted by Gasteiger charge is -2.49. The van der Waals surface area contributed by atoms with E-state index in [1.165, 1.54) is 77.0 Å². The fraction of sp³-hybridized carbons (Fsp3) is 1.00. The van der Waals surface area contributed by atoms with Gasteiger partial charge in [-0.3, -0.25) is 0 Å². The van der Waals surface area contributed by atoms with Crippen molar-refractivity contribution >= 4 is 0 Å². The van der Waals surface area contributed by atoms with Gasteiger partial charge in [0.25, 0.3) is 0 Å². The molecule has 36 heavy (non-hydrogen) atoms. The Balaban J connectivity index is 2.31. The van der Waals surface area contributed by atoms with Crippen molar-refractivity contribution in [2.75, 3.05) is 0 Å². The molecule has 0 radical (unpaired) electrons. The molecule has 0 aliphatic heterocycles. The average molecular weight is 507 g/mol. The third-order valence-electron chi connectivity index (χ3n) is 9.04. The van der Waals surface area contributed by atoms with Crippen molar-refractivity contribution < 1.29 is 9.78 Å². The lowest BCUT2D eigenvalue weighted by atomic mass is 9.66. The van der Waals surface area contributed by atoms with Crippen LogP contribution in [0.1, 0.15) is 173 Å². The molecule has 0 aromatic carbocycles. The van der Waals surface area contributed by atoms with Crippen LogP contribution in [0.2, 0.25) is 0 Å². The molecule has 0 aromatic rings. The summed E-state index contributed by atoms with van der Waals surface area (Å²) in [6.07, 6.45) is 17.7. The summed E-state index contributed by atoms with van der Waals surface area (Å²) in [5.74, 6) is 1.17. The minimum atomic E-state index is -0.237. The molecule has 0 amide bonds. The fourth-order valence-electron chi connectivity index (χ4n) is 9.00. The molecule has 0 heterocycles. The van der Waals surface area contributed by atoms with Crippen molar-refractivity contribution in [2.24, 2.45) is 33.5 Å². The number of hydrogen-bond acceptors (Lipinski definition) is 2. The first-order valence-corrected chi connectivity index (χ1v) is 15.6. The maximum absolute atomic E-state index is 6.91. The second-order valence-electron chi connectivity index (χ2n) is 17.6. The SMILES string of the molecule is CC(C)(C)CC(C)(C)CC(C)(OOC(C)(CC(C)(C)CC(C)(C)C)C1CCCCC1)C1CCCCC1. The van der Waals surface area contributed by atoms with Gasteiger partial charge in [0.1, 0.15) is 11.2 Å². The van der Waals surface area contributed by atoms with Crippen molar-refractivity contribution in [1.82, 2.24) is 0 Å². The topological polar surface area (TPSA) is 18.5 Å². The van der Waals surface area contributed by atoms with Gasteiger partial charge in [-0.15, -0.1) is 0 Å². The van der Waals surface area contributed by atoms with Crippen molar-refractivity contribution in [3.05, 3.63) is 0 Å². The number of rotatable bonds is 11. The van der Waals surface area contributed by atoms with E-state index in [2.05, 4.69) is 83.1 Å². The highest BCUT2D eigenvalue weighted by atomic mass is 17.2. The molecular formula is C34H66O2. The van der Waals surface area contributed by atoms with E-state index in [1.807, 2.05) is 0 Å². The van der Waals surface area contributed by atoms with Crippen LogP contribution in [-0.2, 0) is 9.78 Å². The van der Waals surface area contributed by atoms with Crippen LogP contribution in [-0.4, -0.2) is 11.2 Å². The van der Waals surface area contributed by atoms with Crippen molar-refractivity contribution in [1.29, 1.82) is 0 Å². The van der Waals surface area contributed by atoms with Gasteiger partial charge in [0.2, 0.25) is 0 Å². The predicted octanol–water partition coefficient (Wildman–Crippen LogP) is 11.3. The molecule has 2 fully saturated rings. The van der Waals surface area contributed by atoms with Gasteiger partial charge in [0.15, 0.2) is 0 Å². The average Bonchev–Trinajstić information content (AvgIpc) is 2.69. The summed E-state index contributed by atoms with van der Waals surface area (Å²) in [5.41, 5.74) is 0.566. The zero-order valence-electron chi connectivity index (χ0n) is 26.9. The summed E-state index contributed by atoms with van der Waals surface area (Å²) < 4.78 is 0. The molecule has 0 bridgehead atoms. The summed E-state index contributed by atoms with van der Waals surface area (Å²) >= 11 is 0. The summed E-state index contributed by atoms with van der Waals surface area (Å²) in [4.78, 5) is 13.8. The van der Waals surface area contributed by atoms with E-state index in [-0.39, 0.29) is 22.0 Å². The van der Waals surface area contributed by atoms with Crippen LogP contribution in [0.25, 0.3) is 0 Å². The smallest absolute Gasteiger partial charge is 0.104 e. The molecular weight excluding hydrogens is 440 g/mol. The Bertz CT molecular complexity index is 594. The van der Waals surface area contributed by atoms with E-state index < -0.39 is 0 Å². The van der Waals surface area contributed by atoms with Gasteiger partial charge in [0, 0.05) is 0 Å². The molecule has 0 aromatic heterocycles. The van der Waals surface area contributed by atoms with Crippen molar-refractivity contribution in [3.8, 4) is 0 Å². The lowest BCUT2D eigenvalue weighted by molar-refractivity contribution is -0.435. The molecule has 0 N–H and O–H groups in total. The normalized spacial score (nSPS) is 23.3. The minimum Gasteiger partial charge on any atom is -0.229 e. The van der Waals surface area contributed by atoms with Crippen LogP contribution in [0.3, 0.4) is 0 Å². The highest BCUT2D eigenvalue weighted by molar-refractivity contribution is 4.94. The molecule has 2 nitrogen and oxygen atoms in total. The Kier molecular flexibility index (Phi) is 10.7. The van der Waals surface area contributed by atoms with E-state index in [1.54, 1.807) is 0 Å². The molecule has 2 saturated carbocycles. The van der Waals surface area contributed by atoms with Crippen LogP contribution in [0, 0.1) is 33.5 Å². The van der Waals surface area contributed by atoms with E-state index in [9.17, 15) is 0 Å². The molecule has 0 spiro atoms. The quantitative estimate of drug-likeness (QED) is 0.205. The van der Waals surface area contributed by atoms with E-state index in [0.717, 1.165) is 12.8 Å². The first-order valence-electron chi connectivity index (χ1n) is 15.6. The summed E-state index contributed by atoms with van der Waals surface area (Å²) in [7, 11) is 0. The molecule has 2 aliphatic rings. The van der Waals surface area contributed by atoms with Gasteiger partial charge >= 0.3 is 0 Å². The van der Waals surface area contributed by atoms with Crippen molar-refractivity contribution in [2.45, 2.75) is 184 Å². The molecule has 2 unspecified atom stereocenters. The molecule has 2 aliphatic carbocycles. The minimum absolute atomic E-state index is 0.209. The Hall–Kier alpha value is -0.0800. The zero-order chi connectivity index (χ0) is 27.5. The highest BCUT2D eigenvalue weighted by Crippen LogP contribution is 2.50. The van der Waals surface area contributed by atoms with E-state index in [4.69, 9.17) is 9.78 Å². The summed E-state index contributed by atoms with van der Waals surface area (Å²) in [5, 5.41) is 0. The monoisotopic (exact) mass is 507 g/mol. The Labute approximate surface area is 227 Å². The molecule has 2 rings (SSSR count). The van der Waals surface area contributed by atoms with Crippen LogP contribution in [0.5, 0.6) is 0 Å². The highest BCUT2D eigenvalue weighted by Gasteiger charge is 2.47. The Morgan fingerprint density at radius 3 is 0.944 bits per heavy atom. The second kappa shape index (κ2) is 12.0. The largest absolute Gasteiger partial charge is 0.229 e. The summed E-state index contributed by atoms with van der Waals surface area (Å²) in [6.45, 7) is 28.9. The fourth-order valence-corrected chi connectivity index (χ4v) is 9.00. The maximum Gasteiger partial charge on any atom is 0.104 e. The van der Waals surface area contributed by atoms with Crippen LogP contribution >= 0.6 is 0 Å². The van der Waals surface area contributed by atoms with Crippen LogP contribution < -0.4 is 0 Å². The standard InChI is InChI=1S/C34H66O2/c1-29(2,3)23-31(7,8)25-33(11,27-19-15-13-16-20-27)35-36-34(12,28-21-17-14-18-22-28)26-32(9,10)24-30(4,5)6/h27-28H,13-26H2,1-12H3. The molecule has 214 valence electrons. The Morgan fingerprint density at radius 1 is 0.417 bits per heavy atom. The maximum atomic E-state index is 6.91. The van der Waals surface area contributed by atoms with Crippen LogP contribution in [0.15, 0.2) is 0 Å². The number of hydrogen-bond donors (Lipinski definition) is 0. The van der Waals surface area contributed by atoms with E-state index >= 15 is 0 Å². The van der Waals surface area contributed by atoms with E-state index in [0.29, 0.717) is 22.7 Å². The first kappa shape index (κ1) is 32.1. The third-order valence-corrected chi connectivity index (χ3v) is 9.04. The van der Waals surface area contributed by atoms with Crippen LogP contribution in [0.4, 0.5) is 0 Å². The van der Waals surface area contributed by atoms with Crippen molar-refractivity contribution in [3.63, 3.8) is 0 Å². The zero-order valence-corrected chi connectivity index (χ0v) is 26.9. The van der Waals surface area contributed by atoms with Gasteiger partial charge in [-0.1, -0.05) is 108 Å². The van der Waals surface area contributed by atoms with Gasteiger partial charge in [-0.25, -0.2) is 9.78 Å². The van der Waals surface area contributed by atoms with Gasteiger partial charge < -0.3 is 0 Å². The molecule has 2 heteroatoms. The third kappa shape index (κ3) is 10.6. The summed E-state index contributed by atoms with van der Waals surface area (Å²) in [6, 6.07) is 0. The Morgan fingerprint density at radius 2 is 0.694 bits per heavy atom.